The van der Waals surface area contributed by atoms with E-state index in [1.807, 2.05) is 63.2 Å². The van der Waals surface area contributed by atoms with Crippen LogP contribution in [0.4, 0.5) is 5.69 Å². The van der Waals surface area contributed by atoms with Crippen LogP contribution < -0.4 is 10.2 Å². The largest absolute Gasteiger partial charge is 0.352 e. The number of anilines is 1. The van der Waals surface area contributed by atoms with Gasteiger partial charge in [0, 0.05) is 32.1 Å². The first kappa shape index (κ1) is 18.7. The lowest BCUT2D eigenvalue weighted by Crippen LogP contribution is -2.34. The molecule has 0 unspecified atom stereocenters. The van der Waals surface area contributed by atoms with Gasteiger partial charge in [0.05, 0.1) is 0 Å². The minimum atomic E-state index is -0.0568. The van der Waals surface area contributed by atoms with E-state index >= 15 is 0 Å². The Hall–Kier alpha value is -2.62. The maximum Gasteiger partial charge on any atom is 0.223 e. The van der Waals surface area contributed by atoms with Gasteiger partial charge in [-0.15, -0.1) is 0 Å². The summed E-state index contributed by atoms with van der Waals surface area (Å²) >= 11 is 0. The molecular weight excluding hydrogens is 312 g/mol. The van der Waals surface area contributed by atoms with Crippen molar-refractivity contribution >= 4 is 17.5 Å². The van der Waals surface area contributed by atoms with Crippen molar-refractivity contribution in [1.82, 2.24) is 5.32 Å². The number of hydrogen-bond acceptors (Lipinski definition) is 2. The molecule has 2 aromatic rings. The molecule has 2 rings (SSSR count). The maximum absolute atomic E-state index is 12.2. The Morgan fingerprint density at radius 3 is 2.36 bits per heavy atom. The van der Waals surface area contributed by atoms with Crippen LogP contribution in [-0.2, 0) is 16.1 Å². The van der Waals surface area contributed by atoms with Crippen LogP contribution in [0.3, 0.4) is 0 Å². The monoisotopic (exact) mass is 338 g/mol. The summed E-state index contributed by atoms with van der Waals surface area (Å²) < 4.78 is 0. The second-order valence-corrected chi connectivity index (χ2v) is 6.41. The summed E-state index contributed by atoms with van der Waals surface area (Å²) in [5, 5.41) is 2.93. The maximum atomic E-state index is 12.2. The van der Waals surface area contributed by atoms with E-state index < -0.39 is 0 Å². The van der Waals surface area contributed by atoms with Crippen LogP contribution in [-0.4, -0.2) is 18.4 Å². The van der Waals surface area contributed by atoms with Gasteiger partial charge in [0.15, 0.2) is 0 Å². The van der Waals surface area contributed by atoms with Crippen LogP contribution in [0.15, 0.2) is 42.5 Å². The molecular formula is C21H26N2O2. The third-order valence-electron chi connectivity index (χ3n) is 4.32. The van der Waals surface area contributed by atoms with Crippen LogP contribution in [0.2, 0.25) is 0 Å². The minimum Gasteiger partial charge on any atom is -0.352 e. The zero-order valence-electron chi connectivity index (χ0n) is 15.4. The van der Waals surface area contributed by atoms with Crippen molar-refractivity contribution in [2.45, 2.75) is 40.7 Å². The number of benzene rings is 2. The van der Waals surface area contributed by atoms with Crippen molar-refractivity contribution in [1.29, 1.82) is 0 Å². The van der Waals surface area contributed by atoms with Crippen molar-refractivity contribution in [3.05, 3.63) is 64.7 Å². The van der Waals surface area contributed by atoms with Gasteiger partial charge in [0.2, 0.25) is 11.8 Å². The fraction of sp³-hybridized carbons (Fsp3) is 0.333. The molecule has 1 N–H and O–H groups in total. The van der Waals surface area contributed by atoms with E-state index in [2.05, 4.69) is 5.32 Å². The van der Waals surface area contributed by atoms with Crippen molar-refractivity contribution in [3.63, 3.8) is 0 Å². The molecule has 0 spiro atoms. The predicted molar refractivity (Wildman–Crippen MR) is 102 cm³/mol. The number of carbonyl (C=O) groups is 2. The van der Waals surface area contributed by atoms with E-state index in [0.717, 1.165) is 27.9 Å². The Kier molecular flexibility index (Phi) is 6.34. The van der Waals surface area contributed by atoms with Crippen LogP contribution in [0, 0.1) is 20.8 Å². The lowest BCUT2D eigenvalue weighted by atomic mass is 10.1. The summed E-state index contributed by atoms with van der Waals surface area (Å²) in [6.07, 6.45) is 0.277. The van der Waals surface area contributed by atoms with Gasteiger partial charge >= 0.3 is 0 Å². The van der Waals surface area contributed by atoms with Gasteiger partial charge in [-0.3, -0.25) is 9.59 Å². The molecule has 0 aliphatic rings. The van der Waals surface area contributed by atoms with Crippen LogP contribution in [0.25, 0.3) is 0 Å². The zero-order valence-corrected chi connectivity index (χ0v) is 15.4. The average Bonchev–Trinajstić information content (AvgIpc) is 2.55. The fourth-order valence-corrected chi connectivity index (χ4v) is 2.86. The highest BCUT2D eigenvalue weighted by atomic mass is 16.2. The van der Waals surface area contributed by atoms with Gasteiger partial charge in [-0.05, 0) is 43.5 Å². The van der Waals surface area contributed by atoms with Crippen molar-refractivity contribution < 1.29 is 9.59 Å². The Morgan fingerprint density at radius 1 is 1.00 bits per heavy atom. The predicted octanol–water partition coefficient (Wildman–Crippen LogP) is 3.67. The topological polar surface area (TPSA) is 49.4 Å². The van der Waals surface area contributed by atoms with Crippen LogP contribution in [0.1, 0.15) is 35.6 Å². The first-order chi connectivity index (χ1) is 11.9. The van der Waals surface area contributed by atoms with Gasteiger partial charge in [-0.1, -0.05) is 42.0 Å². The van der Waals surface area contributed by atoms with Crippen molar-refractivity contribution in [3.8, 4) is 0 Å². The van der Waals surface area contributed by atoms with Crippen LogP contribution in [0.5, 0.6) is 0 Å². The summed E-state index contributed by atoms with van der Waals surface area (Å²) in [5.74, 6) is -0.113. The Labute approximate surface area is 149 Å². The molecule has 0 atom stereocenters. The standard InChI is InChI=1S/C21H26N2O2/c1-15-9-10-20(17(3)13-15)23(18(4)24)12-11-21(25)22-14-19-8-6-5-7-16(19)2/h5-10,13H,11-12,14H2,1-4H3,(H,22,25). The van der Waals surface area contributed by atoms with Crippen LogP contribution >= 0.6 is 0 Å². The van der Waals surface area contributed by atoms with E-state index in [-0.39, 0.29) is 18.2 Å². The SMILES string of the molecule is CC(=O)N(CCC(=O)NCc1ccccc1C)c1ccc(C)cc1C. The lowest BCUT2D eigenvalue weighted by molar-refractivity contribution is -0.121. The molecule has 0 heterocycles. The van der Waals surface area contributed by atoms with E-state index in [1.165, 1.54) is 6.92 Å². The Balaban J connectivity index is 1.95. The molecule has 0 aliphatic heterocycles. The summed E-state index contributed by atoms with van der Waals surface area (Å²) in [6, 6.07) is 13.9. The first-order valence-electron chi connectivity index (χ1n) is 8.55. The third-order valence-corrected chi connectivity index (χ3v) is 4.32. The number of hydrogen-bond donors (Lipinski definition) is 1. The van der Waals surface area contributed by atoms with Gasteiger partial charge in [0.25, 0.3) is 0 Å². The highest BCUT2D eigenvalue weighted by molar-refractivity contribution is 5.93. The average molecular weight is 338 g/mol. The summed E-state index contributed by atoms with van der Waals surface area (Å²) in [4.78, 5) is 25.9. The zero-order chi connectivity index (χ0) is 18.4. The Morgan fingerprint density at radius 2 is 1.72 bits per heavy atom. The smallest absolute Gasteiger partial charge is 0.223 e. The first-order valence-corrected chi connectivity index (χ1v) is 8.55. The molecule has 0 bridgehead atoms. The molecule has 4 heteroatoms. The molecule has 0 aromatic heterocycles. The summed E-state index contributed by atoms with van der Waals surface area (Å²) in [6.45, 7) is 8.45. The number of rotatable bonds is 6. The number of amides is 2. The van der Waals surface area contributed by atoms with E-state index in [4.69, 9.17) is 0 Å². The molecule has 0 saturated heterocycles. The molecule has 0 fully saturated rings. The lowest BCUT2D eigenvalue weighted by Gasteiger charge is -2.23. The molecule has 0 aliphatic carbocycles. The Bertz CT molecular complexity index is 768. The van der Waals surface area contributed by atoms with E-state index in [9.17, 15) is 9.59 Å². The molecule has 0 saturated carbocycles. The molecule has 4 nitrogen and oxygen atoms in total. The third kappa shape index (κ3) is 5.18. The fourth-order valence-electron chi connectivity index (χ4n) is 2.86. The summed E-state index contributed by atoms with van der Waals surface area (Å²) in [7, 11) is 0. The molecule has 132 valence electrons. The van der Waals surface area contributed by atoms with Gasteiger partial charge < -0.3 is 10.2 Å². The number of aryl methyl sites for hydroxylation is 3. The minimum absolute atomic E-state index is 0.0562. The molecule has 25 heavy (non-hydrogen) atoms. The van der Waals surface area contributed by atoms with Gasteiger partial charge in [-0.25, -0.2) is 0 Å². The number of nitrogens with zero attached hydrogens (tertiary/aromatic N) is 1. The highest BCUT2D eigenvalue weighted by Crippen LogP contribution is 2.21. The normalized spacial score (nSPS) is 10.4. The molecule has 0 radical (unpaired) electrons. The van der Waals surface area contributed by atoms with Crippen molar-refractivity contribution in [2.75, 3.05) is 11.4 Å². The highest BCUT2D eigenvalue weighted by Gasteiger charge is 2.15. The van der Waals surface area contributed by atoms with Gasteiger partial charge in [-0.2, -0.15) is 0 Å². The number of nitrogens with one attached hydrogen (secondary N) is 1. The number of carbonyl (C=O) groups excluding carboxylic acids is 2. The summed E-state index contributed by atoms with van der Waals surface area (Å²) in [5.41, 5.74) is 5.32. The second kappa shape index (κ2) is 8.47. The van der Waals surface area contributed by atoms with Gasteiger partial charge in [0.1, 0.15) is 0 Å². The molecule has 2 aromatic carbocycles. The quantitative estimate of drug-likeness (QED) is 0.873. The van der Waals surface area contributed by atoms with Crippen molar-refractivity contribution in [2.24, 2.45) is 0 Å². The van der Waals surface area contributed by atoms with E-state index in [1.54, 1.807) is 4.90 Å². The molecule has 2 amide bonds. The van der Waals surface area contributed by atoms with E-state index in [0.29, 0.717) is 13.1 Å². The second-order valence-electron chi connectivity index (χ2n) is 6.41.